The molecule has 0 heterocycles. The summed E-state index contributed by atoms with van der Waals surface area (Å²) in [6.45, 7) is 6.00. The van der Waals surface area contributed by atoms with Crippen molar-refractivity contribution in [1.82, 2.24) is 10.6 Å². The van der Waals surface area contributed by atoms with E-state index in [9.17, 15) is 19.5 Å². The SMILES string of the molecule is CC(C)(C)c1ccc(C(=O)NCC(=O)NCC(C(=O)O)c2ccccc2)cc1. The summed E-state index contributed by atoms with van der Waals surface area (Å²) in [5.74, 6) is -2.66. The summed E-state index contributed by atoms with van der Waals surface area (Å²) < 4.78 is 0. The Labute approximate surface area is 165 Å². The predicted molar refractivity (Wildman–Crippen MR) is 107 cm³/mol. The first-order valence-corrected chi connectivity index (χ1v) is 9.11. The molecular formula is C22H26N2O4. The molecule has 0 saturated carbocycles. The van der Waals surface area contributed by atoms with Crippen LogP contribution < -0.4 is 10.6 Å². The van der Waals surface area contributed by atoms with Gasteiger partial charge in [-0.2, -0.15) is 0 Å². The van der Waals surface area contributed by atoms with Crippen LogP contribution >= 0.6 is 0 Å². The van der Waals surface area contributed by atoms with Crippen molar-refractivity contribution in [3.05, 3.63) is 71.3 Å². The molecule has 148 valence electrons. The number of amides is 2. The molecule has 2 aromatic carbocycles. The summed E-state index contributed by atoms with van der Waals surface area (Å²) in [7, 11) is 0. The molecule has 0 fully saturated rings. The van der Waals surface area contributed by atoms with Crippen LogP contribution in [0.15, 0.2) is 54.6 Å². The Kier molecular flexibility index (Phi) is 6.93. The van der Waals surface area contributed by atoms with Crippen LogP contribution in [0.4, 0.5) is 0 Å². The molecule has 1 atom stereocenters. The van der Waals surface area contributed by atoms with Crippen molar-refractivity contribution in [2.45, 2.75) is 32.1 Å². The molecular weight excluding hydrogens is 356 g/mol. The maximum Gasteiger partial charge on any atom is 0.312 e. The number of carboxylic acid groups (broad SMARTS) is 1. The fourth-order valence-electron chi connectivity index (χ4n) is 2.70. The van der Waals surface area contributed by atoms with Gasteiger partial charge in [-0.1, -0.05) is 63.2 Å². The van der Waals surface area contributed by atoms with Crippen LogP contribution in [-0.4, -0.2) is 36.0 Å². The Hall–Kier alpha value is -3.15. The van der Waals surface area contributed by atoms with Crippen LogP contribution in [0.5, 0.6) is 0 Å². The molecule has 3 N–H and O–H groups in total. The van der Waals surface area contributed by atoms with E-state index < -0.39 is 17.8 Å². The van der Waals surface area contributed by atoms with Gasteiger partial charge in [-0.15, -0.1) is 0 Å². The average molecular weight is 382 g/mol. The molecule has 2 aromatic rings. The topological polar surface area (TPSA) is 95.5 Å². The summed E-state index contributed by atoms with van der Waals surface area (Å²) >= 11 is 0. The largest absolute Gasteiger partial charge is 0.481 e. The van der Waals surface area contributed by atoms with Crippen LogP contribution in [0.2, 0.25) is 0 Å². The Morgan fingerprint density at radius 3 is 2.07 bits per heavy atom. The maximum absolute atomic E-state index is 12.2. The molecule has 6 nitrogen and oxygen atoms in total. The lowest BCUT2D eigenvalue weighted by Gasteiger charge is -2.19. The lowest BCUT2D eigenvalue weighted by molar-refractivity contribution is -0.138. The molecule has 0 aromatic heterocycles. The van der Waals surface area contributed by atoms with Crippen molar-refractivity contribution >= 4 is 17.8 Å². The third kappa shape index (κ3) is 5.94. The van der Waals surface area contributed by atoms with Gasteiger partial charge in [-0.05, 0) is 28.7 Å². The number of hydrogen-bond donors (Lipinski definition) is 3. The minimum absolute atomic E-state index is 0.00563. The second-order valence-electron chi connectivity index (χ2n) is 7.62. The van der Waals surface area contributed by atoms with Gasteiger partial charge in [0.2, 0.25) is 5.91 Å². The van der Waals surface area contributed by atoms with Crippen molar-refractivity contribution in [3.63, 3.8) is 0 Å². The summed E-state index contributed by atoms with van der Waals surface area (Å²) in [6.07, 6.45) is 0. The fourth-order valence-corrected chi connectivity index (χ4v) is 2.70. The summed E-state index contributed by atoms with van der Waals surface area (Å²) in [6, 6.07) is 15.9. The molecule has 6 heteroatoms. The first-order chi connectivity index (χ1) is 13.2. The molecule has 0 aliphatic heterocycles. The van der Waals surface area contributed by atoms with Gasteiger partial charge in [-0.25, -0.2) is 0 Å². The predicted octanol–water partition coefficient (Wildman–Crippen LogP) is 2.70. The van der Waals surface area contributed by atoms with E-state index in [-0.39, 0.29) is 24.4 Å². The zero-order valence-electron chi connectivity index (χ0n) is 16.4. The zero-order valence-corrected chi connectivity index (χ0v) is 16.4. The van der Waals surface area contributed by atoms with Gasteiger partial charge < -0.3 is 15.7 Å². The third-order valence-corrected chi connectivity index (χ3v) is 4.43. The number of rotatable bonds is 7. The molecule has 28 heavy (non-hydrogen) atoms. The smallest absolute Gasteiger partial charge is 0.312 e. The first-order valence-electron chi connectivity index (χ1n) is 9.11. The van der Waals surface area contributed by atoms with E-state index in [4.69, 9.17) is 0 Å². The average Bonchev–Trinajstić information content (AvgIpc) is 2.66. The normalized spacial score (nSPS) is 12.1. The highest BCUT2D eigenvalue weighted by Crippen LogP contribution is 2.22. The fraction of sp³-hybridized carbons (Fsp3) is 0.318. The number of nitrogens with one attached hydrogen (secondary N) is 2. The number of carbonyl (C=O) groups is 3. The van der Waals surface area contributed by atoms with Gasteiger partial charge in [0, 0.05) is 12.1 Å². The highest BCUT2D eigenvalue weighted by Gasteiger charge is 2.20. The van der Waals surface area contributed by atoms with Crippen LogP contribution in [0, 0.1) is 0 Å². The molecule has 0 aliphatic rings. The standard InChI is InChI=1S/C22H26N2O4/c1-22(2,3)17-11-9-16(10-12-17)20(26)24-14-19(25)23-13-18(21(27)28)15-7-5-4-6-8-15/h4-12,18H,13-14H2,1-3H3,(H,23,25)(H,24,26)(H,27,28). The van der Waals surface area contributed by atoms with E-state index in [1.807, 2.05) is 12.1 Å². The monoisotopic (exact) mass is 382 g/mol. The highest BCUT2D eigenvalue weighted by molar-refractivity contribution is 5.96. The minimum atomic E-state index is -1.02. The number of benzene rings is 2. The van der Waals surface area contributed by atoms with E-state index in [1.165, 1.54) is 0 Å². The number of hydrogen-bond acceptors (Lipinski definition) is 3. The number of aliphatic carboxylic acids is 1. The molecule has 0 aliphatic carbocycles. The van der Waals surface area contributed by atoms with Gasteiger partial charge in [0.1, 0.15) is 0 Å². The van der Waals surface area contributed by atoms with E-state index >= 15 is 0 Å². The molecule has 2 amide bonds. The number of carbonyl (C=O) groups excluding carboxylic acids is 2. The lowest BCUT2D eigenvalue weighted by Crippen LogP contribution is -2.39. The van der Waals surface area contributed by atoms with Crippen molar-refractivity contribution in [2.24, 2.45) is 0 Å². The van der Waals surface area contributed by atoms with E-state index in [0.717, 1.165) is 5.56 Å². The van der Waals surface area contributed by atoms with Crippen LogP contribution in [-0.2, 0) is 15.0 Å². The van der Waals surface area contributed by atoms with Gasteiger partial charge in [0.15, 0.2) is 0 Å². The van der Waals surface area contributed by atoms with E-state index in [2.05, 4.69) is 31.4 Å². The zero-order chi connectivity index (χ0) is 20.7. The van der Waals surface area contributed by atoms with Gasteiger partial charge in [0.05, 0.1) is 12.5 Å². The third-order valence-electron chi connectivity index (χ3n) is 4.43. The van der Waals surface area contributed by atoms with Crippen molar-refractivity contribution in [2.75, 3.05) is 13.1 Å². The maximum atomic E-state index is 12.2. The van der Waals surface area contributed by atoms with E-state index in [0.29, 0.717) is 11.1 Å². The van der Waals surface area contributed by atoms with Crippen molar-refractivity contribution < 1.29 is 19.5 Å². The Bertz CT molecular complexity index is 824. The highest BCUT2D eigenvalue weighted by atomic mass is 16.4. The number of carboxylic acids is 1. The second kappa shape index (κ2) is 9.17. The van der Waals surface area contributed by atoms with Gasteiger partial charge in [-0.3, -0.25) is 14.4 Å². The Balaban J connectivity index is 1.86. The Morgan fingerprint density at radius 2 is 1.54 bits per heavy atom. The molecule has 2 rings (SSSR count). The molecule has 0 bridgehead atoms. The van der Waals surface area contributed by atoms with Crippen LogP contribution in [0.1, 0.15) is 48.2 Å². The Morgan fingerprint density at radius 1 is 0.929 bits per heavy atom. The van der Waals surface area contributed by atoms with Crippen molar-refractivity contribution in [3.8, 4) is 0 Å². The van der Waals surface area contributed by atoms with Crippen LogP contribution in [0.25, 0.3) is 0 Å². The summed E-state index contributed by atoms with van der Waals surface area (Å²) in [5.41, 5.74) is 2.18. The van der Waals surface area contributed by atoms with Crippen LogP contribution in [0.3, 0.4) is 0 Å². The summed E-state index contributed by atoms with van der Waals surface area (Å²) in [5, 5.41) is 14.5. The molecule has 1 unspecified atom stereocenters. The minimum Gasteiger partial charge on any atom is -0.481 e. The van der Waals surface area contributed by atoms with Crippen molar-refractivity contribution in [1.29, 1.82) is 0 Å². The van der Waals surface area contributed by atoms with Gasteiger partial charge >= 0.3 is 5.97 Å². The molecule has 0 spiro atoms. The lowest BCUT2D eigenvalue weighted by atomic mass is 9.87. The summed E-state index contributed by atoms with van der Waals surface area (Å²) in [4.78, 5) is 35.6. The molecule has 0 saturated heterocycles. The van der Waals surface area contributed by atoms with Gasteiger partial charge in [0.25, 0.3) is 5.91 Å². The second-order valence-corrected chi connectivity index (χ2v) is 7.62. The first kappa shape index (κ1) is 21.2. The van der Waals surface area contributed by atoms with E-state index in [1.54, 1.807) is 42.5 Å². The molecule has 0 radical (unpaired) electrons. The quantitative estimate of drug-likeness (QED) is 0.686.